The zero-order valence-corrected chi connectivity index (χ0v) is 14.5. The molecule has 0 fully saturated rings. The Hall–Kier alpha value is -2.57. The van der Waals surface area contributed by atoms with E-state index in [0.717, 1.165) is 12.2 Å². The van der Waals surface area contributed by atoms with Gasteiger partial charge in [-0.05, 0) is 49.7 Å². The standard InChI is InChI=1S/C19H24N2O4/c1-3-11-24-16-5-4-6-17(12-16)25-15-9-7-14(8-10-15)21-18(23)19(2,20)13-22/h4-10,12,22H,3,11,13,20H2,1-2H3,(H,21,23). The van der Waals surface area contributed by atoms with Crippen LogP contribution in [0.15, 0.2) is 48.5 Å². The number of carbonyl (C=O) groups is 1. The minimum absolute atomic E-state index is 0.434. The van der Waals surface area contributed by atoms with E-state index in [1.54, 1.807) is 24.3 Å². The van der Waals surface area contributed by atoms with Crippen LogP contribution in [0.3, 0.4) is 0 Å². The molecule has 0 radical (unpaired) electrons. The van der Waals surface area contributed by atoms with Crippen LogP contribution < -0.4 is 20.5 Å². The fourth-order valence-corrected chi connectivity index (χ4v) is 1.94. The molecule has 6 nitrogen and oxygen atoms in total. The molecular formula is C19H24N2O4. The summed E-state index contributed by atoms with van der Waals surface area (Å²) >= 11 is 0. The van der Waals surface area contributed by atoms with Crippen LogP contribution in [0.5, 0.6) is 17.2 Å². The molecule has 0 saturated carbocycles. The lowest BCUT2D eigenvalue weighted by atomic mass is 10.0. The molecule has 2 rings (SSSR count). The second-order valence-electron chi connectivity index (χ2n) is 5.98. The van der Waals surface area contributed by atoms with Crippen molar-refractivity contribution >= 4 is 11.6 Å². The third-order valence-corrected chi connectivity index (χ3v) is 3.47. The quantitative estimate of drug-likeness (QED) is 0.684. The van der Waals surface area contributed by atoms with Gasteiger partial charge in [0, 0.05) is 11.8 Å². The van der Waals surface area contributed by atoms with Gasteiger partial charge in [-0.25, -0.2) is 0 Å². The smallest absolute Gasteiger partial charge is 0.246 e. The number of ether oxygens (including phenoxy) is 2. The van der Waals surface area contributed by atoms with Gasteiger partial charge >= 0.3 is 0 Å². The van der Waals surface area contributed by atoms with Gasteiger partial charge in [0.1, 0.15) is 22.8 Å². The largest absolute Gasteiger partial charge is 0.493 e. The maximum atomic E-state index is 11.9. The van der Waals surface area contributed by atoms with E-state index < -0.39 is 18.1 Å². The van der Waals surface area contributed by atoms with Gasteiger partial charge in [-0.1, -0.05) is 13.0 Å². The van der Waals surface area contributed by atoms with E-state index in [4.69, 9.17) is 20.3 Å². The van der Waals surface area contributed by atoms with E-state index in [-0.39, 0.29) is 0 Å². The van der Waals surface area contributed by atoms with Crippen LogP contribution in [0.4, 0.5) is 5.69 Å². The predicted molar refractivity (Wildman–Crippen MR) is 97.1 cm³/mol. The number of hydrogen-bond acceptors (Lipinski definition) is 5. The highest BCUT2D eigenvalue weighted by Gasteiger charge is 2.27. The van der Waals surface area contributed by atoms with Crippen LogP contribution in [0.25, 0.3) is 0 Å². The lowest BCUT2D eigenvalue weighted by Gasteiger charge is -2.20. The number of anilines is 1. The Labute approximate surface area is 147 Å². The molecule has 0 aromatic heterocycles. The second-order valence-corrected chi connectivity index (χ2v) is 5.98. The number of nitrogens with two attached hydrogens (primary N) is 1. The van der Waals surface area contributed by atoms with Gasteiger partial charge < -0.3 is 25.6 Å². The molecule has 2 aromatic rings. The van der Waals surface area contributed by atoms with Gasteiger partial charge in [-0.15, -0.1) is 0 Å². The molecular weight excluding hydrogens is 320 g/mol. The van der Waals surface area contributed by atoms with Crippen molar-refractivity contribution in [2.45, 2.75) is 25.8 Å². The number of aliphatic hydroxyl groups is 1. The minimum atomic E-state index is -1.33. The monoisotopic (exact) mass is 344 g/mol. The van der Waals surface area contributed by atoms with Crippen molar-refractivity contribution in [1.82, 2.24) is 0 Å². The maximum Gasteiger partial charge on any atom is 0.246 e. The molecule has 2 aromatic carbocycles. The topological polar surface area (TPSA) is 93.8 Å². The first-order valence-corrected chi connectivity index (χ1v) is 8.16. The van der Waals surface area contributed by atoms with Crippen LogP contribution in [0.2, 0.25) is 0 Å². The van der Waals surface area contributed by atoms with E-state index in [0.29, 0.717) is 23.8 Å². The Kier molecular flexibility index (Phi) is 6.38. The molecule has 0 saturated heterocycles. The van der Waals surface area contributed by atoms with E-state index in [1.165, 1.54) is 6.92 Å². The molecule has 0 aliphatic carbocycles. The maximum absolute atomic E-state index is 11.9. The second kappa shape index (κ2) is 8.50. The molecule has 1 unspecified atom stereocenters. The summed E-state index contributed by atoms with van der Waals surface area (Å²) in [7, 11) is 0. The first-order valence-electron chi connectivity index (χ1n) is 8.16. The van der Waals surface area contributed by atoms with Crippen molar-refractivity contribution in [3.05, 3.63) is 48.5 Å². The summed E-state index contributed by atoms with van der Waals surface area (Å²) in [5.74, 6) is 1.60. The summed E-state index contributed by atoms with van der Waals surface area (Å²) in [6.45, 7) is 3.74. The van der Waals surface area contributed by atoms with Crippen LogP contribution in [0.1, 0.15) is 20.3 Å². The molecule has 4 N–H and O–H groups in total. The average molecular weight is 344 g/mol. The number of amides is 1. The van der Waals surface area contributed by atoms with Crippen molar-refractivity contribution < 1.29 is 19.4 Å². The summed E-state index contributed by atoms with van der Waals surface area (Å²) in [6.07, 6.45) is 0.941. The number of carbonyl (C=O) groups excluding carboxylic acids is 1. The molecule has 1 amide bonds. The number of aliphatic hydroxyl groups excluding tert-OH is 1. The molecule has 0 spiro atoms. The van der Waals surface area contributed by atoms with Crippen LogP contribution >= 0.6 is 0 Å². The fraction of sp³-hybridized carbons (Fsp3) is 0.316. The third-order valence-electron chi connectivity index (χ3n) is 3.47. The summed E-state index contributed by atoms with van der Waals surface area (Å²) in [5.41, 5.74) is 4.94. The molecule has 0 aliphatic rings. The normalized spacial score (nSPS) is 13.0. The Bertz CT molecular complexity index is 699. The Morgan fingerprint density at radius 1 is 1.16 bits per heavy atom. The zero-order valence-electron chi connectivity index (χ0n) is 14.5. The van der Waals surface area contributed by atoms with E-state index in [9.17, 15) is 4.79 Å². The highest BCUT2D eigenvalue weighted by Crippen LogP contribution is 2.26. The van der Waals surface area contributed by atoms with E-state index in [1.807, 2.05) is 24.3 Å². The van der Waals surface area contributed by atoms with Crippen LogP contribution in [0, 0.1) is 0 Å². The van der Waals surface area contributed by atoms with Crippen molar-refractivity contribution in [3.8, 4) is 17.2 Å². The molecule has 1 atom stereocenters. The summed E-state index contributed by atoms with van der Waals surface area (Å²) in [5, 5.41) is 11.8. The average Bonchev–Trinajstić information content (AvgIpc) is 2.62. The first kappa shape index (κ1) is 18.8. The van der Waals surface area contributed by atoms with Crippen molar-refractivity contribution in [2.24, 2.45) is 5.73 Å². The van der Waals surface area contributed by atoms with Crippen LogP contribution in [-0.4, -0.2) is 29.8 Å². The lowest BCUT2D eigenvalue weighted by Crippen LogP contribution is -2.51. The van der Waals surface area contributed by atoms with Gasteiger partial charge in [0.25, 0.3) is 0 Å². The molecule has 0 aliphatic heterocycles. The Morgan fingerprint density at radius 3 is 2.48 bits per heavy atom. The van der Waals surface area contributed by atoms with Crippen molar-refractivity contribution in [1.29, 1.82) is 0 Å². The van der Waals surface area contributed by atoms with Gasteiger partial charge in [0.2, 0.25) is 5.91 Å². The van der Waals surface area contributed by atoms with Gasteiger partial charge in [-0.2, -0.15) is 0 Å². The van der Waals surface area contributed by atoms with Gasteiger partial charge in [0.05, 0.1) is 13.2 Å². The van der Waals surface area contributed by atoms with Crippen molar-refractivity contribution in [3.63, 3.8) is 0 Å². The summed E-state index contributed by atoms with van der Waals surface area (Å²) < 4.78 is 11.4. The molecule has 0 heterocycles. The molecule has 134 valence electrons. The number of hydrogen-bond donors (Lipinski definition) is 3. The lowest BCUT2D eigenvalue weighted by molar-refractivity contribution is -0.121. The molecule has 6 heteroatoms. The van der Waals surface area contributed by atoms with Gasteiger partial charge in [-0.3, -0.25) is 4.79 Å². The number of nitrogens with one attached hydrogen (secondary N) is 1. The molecule has 25 heavy (non-hydrogen) atoms. The first-order chi connectivity index (χ1) is 11.9. The highest BCUT2D eigenvalue weighted by molar-refractivity contribution is 5.97. The summed E-state index contributed by atoms with van der Waals surface area (Å²) in [6, 6.07) is 14.3. The highest BCUT2D eigenvalue weighted by atomic mass is 16.5. The fourth-order valence-electron chi connectivity index (χ4n) is 1.94. The Balaban J connectivity index is 2.00. The van der Waals surface area contributed by atoms with Crippen molar-refractivity contribution in [2.75, 3.05) is 18.5 Å². The number of benzene rings is 2. The van der Waals surface area contributed by atoms with E-state index in [2.05, 4.69) is 12.2 Å². The Morgan fingerprint density at radius 2 is 1.84 bits per heavy atom. The zero-order chi connectivity index (χ0) is 18.3. The van der Waals surface area contributed by atoms with E-state index >= 15 is 0 Å². The molecule has 0 bridgehead atoms. The minimum Gasteiger partial charge on any atom is -0.493 e. The van der Waals surface area contributed by atoms with Gasteiger partial charge in [0.15, 0.2) is 0 Å². The predicted octanol–water partition coefficient (Wildman–Crippen LogP) is 2.92. The number of rotatable bonds is 8. The van der Waals surface area contributed by atoms with Crippen LogP contribution in [-0.2, 0) is 4.79 Å². The SMILES string of the molecule is CCCOc1cccc(Oc2ccc(NC(=O)C(C)(N)CO)cc2)c1. The summed E-state index contributed by atoms with van der Waals surface area (Å²) in [4.78, 5) is 11.9. The third kappa shape index (κ3) is 5.48.